The van der Waals surface area contributed by atoms with Crippen LogP contribution in [0.1, 0.15) is 19.3 Å². The zero-order chi connectivity index (χ0) is 16.4. The minimum absolute atomic E-state index is 0.0359. The first kappa shape index (κ1) is 16.9. The largest absolute Gasteiger partial charge is 0.482 e. The van der Waals surface area contributed by atoms with Crippen LogP contribution in [0, 0.1) is 0 Å². The summed E-state index contributed by atoms with van der Waals surface area (Å²) in [6.45, 7) is -0.599. The monoisotopic (exact) mass is 338 g/mol. The molecule has 0 bridgehead atoms. The maximum atomic E-state index is 12.4. The van der Waals surface area contributed by atoms with Gasteiger partial charge in [-0.2, -0.15) is 17.5 Å². The van der Waals surface area contributed by atoms with E-state index in [-0.39, 0.29) is 16.3 Å². The fraction of sp³-hybridized carbons (Fsp3) is 0.538. The molecule has 0 aromatic heterocycles. The summed E-state index contributed by atoms with van der Waals surface area (Å²) < 4.78 is 67.1. The second-order valence-electron chi connectivity index (χ2n) is 5.07. The average molecular weight is 338 g/mol. The summed E-state index contributed by atoms with van der Waals surface area (Å²) >= 11 is 0. The number of nitrogen functional groups attached to an aromatic ring is 1. The van der Waals surface area contributed by atoms with Crippen molar-refractivity contribution in [2.24, 2.45) is 0 Å². The maximum absolute atomic E-state index is 12.4. The Hall–Kier alpha value is -1.48. The van der Waals surface area contributed by atoms with Crippen LogP contribution in [0.5, 0.6) is 5.75 Å². The molecule has 2 rings (SSSR count). The molecule has 1 aliphatic rings. The summed E-state index contributed by atoms with van der Waals surface area (Å²) in [4.78, 5) is -0.0359. The Morgan fingerprint density at radius 3 is 2.36 bits per heavy atom. The van der Waals surface area contributed by atoms with Crippen LogP contribution in [0.2, 0.25) is 0 Å². The van der Waals surface area contributed by atoms with Gasteiger partial charge in [0, 0.05) is 13.1 Å². The molecule has 1 saturated heterocycles. The highest BCUT2D eigenvalue weighted by Gasteiger charge is 2.29. The third-order valence-electron chi connectivity index (χ3n) is 3.33. The van der Waals surface area contributed by atoms with E-state index >= 15 is 0 Å². The van der Waals surface area contributed by atoms with Gasteiger partial charge in [-0.3, -0.25) is 0 Å². The van der Waals surface area contributed by atoms with Crippen LogP contribution in [0.4, 0.5) is 18.9 Å². The van der Waals surface area contributed by atoms with E-state index in [0.29, 0.717) is 13.1 Å². The van der Waals surface area contributed by atoms with Gasteiger partial charge in [0.25, 0.3) is 0 Å². The van der Waals surface area contributed by atoms with Crippen molar-refractivity contribution in [3.63, 3.8) is 0 Å². The predicted octanol–water partition coefficient (Wildman–Crippen LogP) is 2.38. The Morgan fingerprint density at radius 2 is 1.82 bits per heavy atom. The fourth-order valence-corrected chi connectivity index (χ4v) is 3.79. The molecule has 1 aliphatic heterocycles. The number of alkyl halides is 3. The van der Waals surface area contributed by atoms with Crippen LogP contribution in [0.25, 0.3) is 0 Å². The van der Waals surface area contributed by atoms with Gasteiger partial charge in [-0.05, 0) is 31.0 Å². The number of anilines is 1. The van der Waals surface area contributed by atoms with E-state index in [1.165, 1.54) is 10.4 Å². The minimum Gasteiger partial charge on any atom is -0.482 e. The van der Waals surface area contributed by atoms with Gasteiger partial charge in [0.2, 0.25) is 10.0 Å². The Balaban J connectivity index is 2.17. The van der Waals surface area contributed by atoms with Crippen LogP contribution in [-0.2, 0) is 10.0 Å². The van der Waals surface area contributed by atoms with Crippen LogP contribution in [0.3, 0.4) is 0 Å². The molecular formula is C13H17F3N2O3S. The quantitative estimate of drug-likeness (QED) is 0.856. The first-order valence-corrected chi connectivity index (χ1v) is 8.23. The number of nitrogens with zero attached hydrogens (tertiary/aromatic N) is 1. The summed E-state index contributed by atoms with van der Waals surface area (Å²) in [5.74, 6) is -0.185. The first-order chi connectivity index (χ1) is 10.2. The Bertz CT molecular complexity index is 626. The van der Waals surface area contributed by atoms with Crippen LogP contribution < -0.4 is 10.5 Å². The first-order valence-electron chi connectivity index (χ1n) is 6.79. The van der Waals surface area contributed by atoms with Crippen molar-refractivity contribution in [3.05, 3.63) is 18.2 Å². The van der Waals surface area contributed by atoms with Gasteiger partial charge >= 0.3 is 6.18 Å². The normalized spacial score (nSPS) is 17.4. The average Bonchev–Trinajstić information content (AvgIpc) is 2.46. The third-order valence-corrected chi connectivity index (χ3v) is 5.22. The molecule has 0 aliphatic carbocycles. The van der Waals surface area contributed by atoms with E-state index in [2.05, 4.69) is 4.74 Å². The number of ether oxygens (including phenoxy) is 1. The smallest absolute Gasteiger partial charge is 0.422 e. The molecule has 0 atom stereocenters. The molecule has 1 aromatic carbocycles. The summed E-state index contributed by atoms with van der Waals surface area (Å²) in [6, 6.07) is 3.50. The molecule has 0 amide bonds. The molecule has 1 aromatic rings. The second-order valence-corrected chi connectivity index (χ2v) is 7.01. The molecule has 0 radical (unpaired) electrons. The molecule has 2 N–H and O–H groups in total. The lowest BCUT2D eigenvalue weighted by molar-refractivity contribution is -0.153. The predicted molar refractivity (Wildman–Crippen MR) is 75.0 cm³/mol. The highest BCUT2D eigenvalue weighted by Crippen LogP contribution is 2.29. The molecular weight excluding hydrogens is 321 g/mol. The molecule has 5 nitrogen and oxygen atoms in total. The number of benzene rings is 1. The Morgan fingerprint density at radius 1 is 1.18 bits per heavy atom. The maximum Gasteiger partial charge on any atom is 0.422 e. The number of halogens is 3. The number of hydrogen-bond acceptors (Lipinski definition) is 4. The zero-order valence-electron chi connectivity index (χ0n) is 11.8. The molecule has 0 unspecified atom stereocenters. The second kappa shape index (κ2) is 6.33. The van der Waals surface area contributed by atoms with E-state index in [4.69, 9.17) is 5.73 Å². The highest BCUT2D eigenvalue weighted by atomic mass is 32.2. The lowest BCUT2D eigenvalue weighted by Crippen LogP contribution is -2.35. The molecule has 1 fully saturated rings. The van der Waals surface area contributed by atoms with Gasteiger partial charge in [-0.15, -0.1) is 0 Å². The van der Waals surface area contributed by atoms with Crippen molar-refractivity contribution in [3.8, 4) is 5.75 Å². The van der Waals surface area contributed by atoms with Gasteiger partial charge in [-0.25, -0.2) is 8.42 Å². The van der Waals surface area contributed by atoms with E-state index in [9.17, 15) is 21.6 Å². The van der Waals surface area contributed by atoms with Gasteiger partial charge in [0.15, 0.2) is 6.61 Å². The van der Waals surface area contributed by atoms with Crippen LogP contribution >= 0.6 is 0 Å². The lowest BCUT2D eigenvalue weighted by atomic mass is 10.2. The summed E-state index contributed by atoms with van der Waals surface area (Å²) in [5.41, 5.74) is 5.46. The lowest BCUT2D eigenvalue weighted by Gasteiger charge is -2.26. The molecule has 0 saturated carbocycles. The third kappa shape index (κ3) is 4.04. The highest BCUT2D eigenvalue weighted by molar-refractivity contribution is 7.89. The van der Waals surface area contributed by atoms with E-state index in [0.717, 1.165) is 31.4 Å². The fourth-order valence-electron chi connectivity index (χ4n) is 2.23. The Kier molecular flexibility index (Phi) is 4.86. The Labute approximate surface area is 126 Å². The minimum atomic E-state index is -4.48. The molecule has 0 spiro atoms. The topological polar surface area (TPSA) is 72.6 Å². The van der Waals surface area contributed by atoms with Crippen LogP contribution in [-0.4, -0.2) is 38.6 Å². The van der Waals surface area contributed by atoms with Crippen molar-refractivity contribution >= 4 is 15.7 Å². The molecule has 1 heterocycles. The van der Waals surface area contributed by atoms with Crippen molar-refractivity contribution in [2.45, 2.75) is 30.3 Å². The van der Waals surface area contributed by atoms with E-state index in [1.807, 2.05) is 0 Å². The summed E-state index contributed by atoms with van der Waals surface area (Å²) in [6.07, 6.45) is -1.91. The number of rotatable bonds is 4. The van der Waals surface area contributed by atoms with Gasteiger partial charge < -0.3 is 10.5 Å². The number of nitrogens with two attached hydrogens (primary N) is 1. The standard InChI is InChI=1S/C13H17F3N2O3S/c14-13(15,16)9-21-12-5-4-10(8-11(12)17)22(19,20)18-6-2-1-3-7-18/h4-5,8H,1-3,6-7,9,17H2. The molecule has 22 heavy (non-hydrogen) atoms. The molecule has 124 valence electrons. The summed E-state index contributed by atoms with van der Waals surface area (Å²) in [7, 11) is -3.67. The SMILES string of the molecule is Nc1cc(S(=O)(=O)N2CCCCC2)ccc1OCC(F)(F)F. The van der Waals surface area contributed by atoms with Crippen molar-refractivity contribution in [1.82, 2.24) is 4.31 Å². The number of piperidine rings is 1. The number of sulfonamides is 1. The summed E-state index contributed by atoms with van der Waals surface area (Å²) in [5, 5.41) is 0. The van der Waals surface area contributed by atoms with Crippen LogP contribution in [0.15, 0.2) is 23.1 Å². The van der Waals surface area contributed by atoms with Gasteiger partial charge in [0.05, 0.1) is 10.6 Å². The van der Waals surface area contributed by atoms with Gasteiger partial charge in [-0.1, -0.05) is 6.42 Å². The van der Waals surface area contributed by atoms with Gasteiger partial charge in [0.1, 0.15) is 5.75 Å². The molecule has 9 heteroatoms. The van der Waals surface area contributed by atoms with E-state index in [1.54, 1.807) is 0 Å². The number of hydrogen-bond donors (Lipinski definition) is 1. The van der Waals surface area contributed by atoms with Crippen molar-refractivity contribution < 1.29 is 26.3 Å². The van der Waals surface area contributed by atoms with Crippen molar-refractivity contribution in [1.29, 1.82) is 0 Å². The van der Waals surface area contributed by atoms with Crippen molar-refractivity contribution in [2.75, 3.05) is 25.4 Å². The van der Waals surface area contributed by atoms with E-state index < -0.39 is 22.8 Å². The zero-order valence-corrected chi connectivity index (χ0v) is 12.6.